The van der Waals surface area contributed by atoms with Gasteiger partial charge in [-0.2, -0.15) is 0 Å². The van der Waals surface area contributed by atoms with Crippen molar-refractivity contribution < 1.29 is 14.3 Å². The van der Waals surface area contributed by atoms with Crippen LogP contribution in [0.5, 0.6) is 11.5 Å². The Labute approximate surface area is 186 Å². The van der Waals surface area contributed by atoms with Crippen LogP contribution in [0, 0.1) is 11.8 Å². The predicted molar refractivity (Wildman–Crippen MR) is 122 cm³/mol. The average molecular weight is 429 g/mol. The van der Waals surface area contributed by atoms with Gasteiger partial charge in [0, 0.05) is 17.8 Å². The first kappa shape index (κ1) is 19.9. The van der Waals surface area contributed by atoms with Gasteiger partial charge in [-0.1, -0.05) is 12.5 Å². The maximum absolute atomic E-state index is 12.0. The fourth-order valence-electron chi connectivity index (χ4n) is 3.92. The highest BCUT2D eigenvalue weighted by molar-refractivity contribution is 6.11. The molecule has 0 saturated carbocycles. The molecular weight excluding hydrogens is 406 g/mol. The van der Waals surface area contributed by atoms with Crippen LogP contribution in [-0.2, 0) is 4.79 Å². The van der Waals surface area contributed by atoms with E-state index in [1.165, 1.54) is 6.08 Å². The summed E-state index contributed by atoms with van der Waals surface area (Å²) in [7, 11) is 0. The van der Waals surface area contributed by atoms with Gasteiger partial charge in [0.2, 0.25) is 12.7 Å². The van der Waals surface area contributed by atoms with Gasteiger partial charge in [0.05, 0.1) is 17.8 Å². The zero-order valence-electron chi connectivity index (χ0n) is 17.8. The molecule has 1 unspecified atom stereocenters. The monoisotopic (exact) mass is 429 g/mol. The third-order valence-corrected chi connectivity index (χ3v) is 5.46. The maximum atomic E-state index is 12.0. The molecule has 162 valence electrons. The minimum atomic E-state index is -0.121. The van der Waals surface area contributed by atoms with Crippen molar-refractivity contribution in [2.24, 2.45) is 9.98 Å². The second-order valence-electron chi connectivity index (χ2n) is 7.81. The lowest BCUT2D eigenvalue weighted by Crippen LogP contribution is -2.39. The molecule has 1 saturated heterocycles. The van der Waals surface area contributed by atoms with Gasteiger partial charge in [0.1, 0.15) is 12.0 Å². The number of carbonyl (C=O) groups is 1. The molecule has 8 heteroatoms. The number of hydrogen-bond donors (Lipinski definition) is 2. The van der Waals surface area contributed by atoms with Crippen molar-refractivity contribution in [3.05, 3.63) is 53.7 Å². The van der Waals surface area contributed by atoms with Crippen LogP contribution in [-0.4, -0.2) is 53.4 Å². The molecule has 8 nitrogen and oxygen atoms in total. The van der Waals surface area contributed by atoms with Gasteiger partial charge in [-0.15, -0.1) is 0 Å². The minimum Gasteiger partial charge on any atom is -0.454 e. The highest BCUT2D eigenvalue weighted by Crippen LogP contribution is 2.32. The fraction of sp³-hybridized carbons (Fsp3) is 0.292. The molecule has 5 rings (SSSR count). The lowest BCUT2D eigenvalue weighted by Gasteiger charge is -2.27. The molecule has 1 atom stereocenters. The molecule has 0 bridgehead atoms. The van der Waals surface area contributed by atoms with Crippen LogP contribution in [0.25, 0.3) is 0 Å². The summed E-state index contributed by atoms with van der Waals surface area (Å²) in [6.07, 6.45) is 2.96. The fourth-order valence-corrected chi connectivity index (χ4v) is 3.92. The van der Waals surface area contributed by atoms with Crippen molar-refractivity contribution in [1.29, 1.82) is 0 Å². The predicted octanol–water partition coefficient (Wildman–Crippen LogP) is 2.91. The molecule has 0 aliphatic carbocycles. The standard InChI is InChI=1S/C24H23N5O3/c1-3-22(30)29-10-4-5-18(13-29)28-24-19-12-17(27-23(19)25-15(2)26-24)8-6-16-7-9-20-21(11-16)32-14-31-20/h3,7,9,11-12,15,25,27H,1,4-5,10,13-14H2,2H3. The highest BCUT2D eigenvalue weighted by Gasteiger charge is 2.23. The number of amides is 1. The van der Waals surface area contributed by atoms with E-state index in [0.29, 0.717) is 18.1 Å². The number of aromatic amines is 1. The zero-order chi connectivity index (χ0) is 22.1. The summed E-state index contributed by atoms with van der Waals surface area (Å²) in [4.78, 5) is 26.6. The molecule has 3 aliphatic heterocycles. The van der Waals surface area contributed by atoms with Crippen molar-refractivity contribution in [3.63, 3.8) is 0 Å². The van der Waals surface area contributed by atoms with Crippen molar-refractivity contribution in [2.75, 3.05) is 25.2 Å². The Hall–Kier alpha value is -3.99. The number of fused-ring (bicyclic) bond motifs is 2. The Kier molecular flexibility index (Phi) is 5.15. The molecule has 1 aromatic heterocycles. The number of benzene rings is 1. The number of aromatic nitrogens is 1. The van der Waals surface area contributed by atoms with Gasteiger partial charge in [0.25, 0.3) is 0 Å². The first-order valence-electron chi connectivity index (χ1n) is 10.6. The molecule has 0 radical (unpaired) electrons. The summed E-state index contributed by atoms with van der Waals surface area (Å²) < 4.78 is 10.8. The Morgan fingerprint density at radius 2 is 2.19 bits per heavy atom. The van der Waals surface area contributed by atoms with Gasteiger partial charge in [-0.05, 0) is 56.0 Å². The third kappa shape index (κ3) is 3.97. The molecule has 1 aromatic carbocycles. The summed E-state index contributed by atoms with van der Waals surface area (Å²) in [5, 5.41) is 3.32. The number of aliphatic imine (C=N–C) groups is 2. The van der Waals surface area contributed by atoms with E-state index in [1.807, 2.05) is 31.2 Å². The first-order chi connectivity index (χ1) is 15.6. The van der Waals surface area contributed by atoms with E-state index in [0.717, 1.165) is 53.5 Å². The number of likely N-dealkylation sites (tertiary alicyclic amines) is 1. The summed E-state index contributed by atoms with van der Waals surface area (Å²) in [6, 6.07) is 7.59. The Bertz CT molecular complexity index is 1210. The number of nitrogens with zero attached hydrogens (tertiary/aromatic N) is 3. The van der Waals surface area contributed by atoms with E-state index in [9.17, 15) is 4.79 Å². The van der Waals surface area contributed by atoms with Crippen LogP contribution in [0.4, 0.5) is 5.82 Å². The number of hydrogen-bond acceptors (Lipinski definition) is 6. The van der Waals surface area contributed by atoms with E-state index in [-0.39, 0.29) is 18.9 Å². The zero-order valence-corrected chi connectivity index (χ0v) is 17.8. The van der Waals surface area contributed by atoms with Crippen LogP contribution in [0.2, 0.25) is 0 Å². The molecule has 3 aliphatic rings. The Balaban J connectivity index is 1.39. The first-order valence-corrected chi connectivity index (χ1v) is 10.6. The summed E-state index contributed by atoms with van der Waals surface area (Å²) in [5.74, 6) is 9.20. The smallest absolute Gasteiger partial charge is 0.246 e. The molecule has 32 heavy (non-hydrogen) atoms. The second kappa shape index (κ2) is 8.27. The van der Waals surface area contributed by atoms with Crippen molar-refractivity contribution >= 4 is 23.3 Å². The van der Waals surface area contributed by atoms with Crippen LogP contribution >= 0.6 is 0 Å². The van der Waals surface area contributed by atoms with Crippen molar-refractivity contribution in [3.8, 4) is 23.3 Å². The summed E-state index contributed by atoms with van der Waals surface area (Å²) in [6.45, 7) is 7.02. The van der Waals surface area contributed by atoms with Crippen molar-refractivity contribution in [1.82, 2.24) is 9.88 Å². The molecule has 2 N–H and O–H groups in total. The normalized spacial score (nSPS) is 20.0. The SMILES string of the molecule is C=CC(=O)N1CCCC(=NC2=NC(C)Nc3[nH]c(C#Cc4ccc5c(c4)OCO5)cc32)C1. The molecule has 2 aromatic rings. The van der Waals surface area contributed by atoms with Crippen LogP contribution in [0.3, 0.4) is 0 Å². The number of piperidine rings is 1. The lowest BCUT2D eigenvalue weighted by molar-refractivity contribution is -0.125. The average Bonchev–Trinajstić information content (AvgIpc) is 3.43. The van der Waals surface area contributed by atoms with E-state index in [2.05, 4.69) is 33.7 Å². The number of nitrogens with one attached hydrogen (secondary N) is 2. The van der Waals surface area contributed by atoms with Crippen LogP contribution < -0.4 is 14.8 Å². The molecule has 1 amide bonds. The quantitative estimate of drug-likeness (QED) is 0.539. The largest absolute Gasteiger partial charge is 0.454 e. The number of carbonyl (C=O) groups excluding carboxylic acids is 1. The van der Waals surface area contributed by atoms with Gasteiger partial charge < -0.3 is 24.7 Å². The van der Waals surface area contributed by atoms with E-state index >= 15 is 0 Å². The number of ether oxygens (including phenoxy) is 2. The Morgan fingerprint density at radius 3 is 3.06 bits per heavy atom. The van der Waals surface area contributed by atoms with E-state index in [4.69, 9.17) is 14.5 Å². The van der Waals surface area contributed by atoms with Gasteiger partial charge >= 0.3 is 0 Å². The summed E-state index contributed by atoms with van der Waals surface area (Å²) >= 11 is 0. The Morgan fingerprint density at radius 1 is 1.31 bits per heavy atom. The maximum Gasteiger partial charge on any atom is 0.246 e. The molecule has 4 heterocycles. The van der Waals surface area contributed by atoms with Crippen molar-refractivity contribution in [2.45, 2.75) is 25.9 Å². The van der Waals surface area contributed by atoms with Crippen LogP contribution in [0.1, 0.15) is 36.6 Å². The minimum absolute atomic E-state index is 0.0681. The number of H-pyrrole nitrogens is 1. The molecule has 0 spiro atoms. The molecule has 1 fully saturated rings. The molecular formula is C24H23N5O3. The second-order valence-corrected chi connectivity index (χ2v) is 7.81. The van der Waals surface area contributed by atoms with Gasteiger partial charge in [0.15, 0.2) is 17.3 Å². The topological polar surface area (TPSA) is 91.3 Å². The highest BCUT2D eigenvalue weighted by atomic mass is 16.7. The number of anilines is 1. The lowest BCUT2D eigenvalue weighted by atomic mass is 10.1. The summed E-state index contributed by atoms with van der Waals surface area (Å²) in [5.41, 5.74) is 3.41. The number of amidine groups is 1. The van der Waals surface area contributed by atoms with E-state index in [1.54, 1.807) is 4.90 Å². The van der Waals surface area contributed by atoms with Gasteiger partial charge in [-0.3, -0.25) is 4.79 Å². The van der Waals surface area contributed by atoms with E-state index < -0.39 is 0 Å². The third-order valence-electron chi connectivity index (χ3n) is 5.46. The van der Waals surface area contributed by atoms with Gasteiger partial charge in [-0.25, -0.2) is 9.98 Å². The van der Waals surface area contributed by atoms with Crippen LogP contribution in [0.15, 0.2) is 46.9 Å². The number of rotatable bonds is 1.